The molecule has 1 heteroatoms. The van der Waals surface area contributed by atoms with Crippen LogP contribution in [0.1, 0.15) is 23.6 Å². The van der Waals surface area contributed by atoms with E-state index in [0.717, 1.165) is 6.54 Å². The molecule has 0 amide bonds. The van der Waals surface area contributed by atoms with E-state index in [2.05, 4.69) is 79.5 Å². The summed E-state index contributed by atoms with van der Waals surface area (Å²) < 4.78 is 0. The van der Waals surface area contributed by atoms with Crippen LogP contribution < -0.4 is 0 Å². The Morgan fingerprint density at radius 2 is 1.68 bits per heavy atom. The summed E-state index contributed by atoms with van der Waals surface area (Å²) in [6.07, 6.45) is 2.32. The van der Waals surface area contributed by atoms with Crippen molar-refractivity contribution in [2.45, 2.75) is 19.5 Å². The van der Waals surface area contributed by atoms with E-state index in [0.29, 0.717) is 6.04 Å². The summed E-state index contributed by atoms with van der Waals surface area (Å²) in [5, 5.41) is 0. The molecule has 19 heavy (non-hydrogen) atoms. The number of likely N-dealkylation sites (N-methyl/N-ethyl adjacent to an activating group) is 1. The third kappa shape index (κ3) is 2.34. The van der Waals surface area contributed by atoms with Gasteiger partial charge in [0.15, 0.2) is 0 Å². The van der Waals surface area contributed by atoms with E-state index in [9.17, 15) is 0 Å². The molecule has 0 saturated heterocycles. The van der Waals surface area contributed by atoms with Crippen molar-refractivity contribution in [2.75, 3.05) is 7.05 Å². The van der Waals surface area contributed by atoms with Gasteiger partial charge in [-0.2, -0.15) is 0 Å². The smallest absolute Gasteiger partial charge is 0.0326 e. The van der Waals surface area contributed by atoms with Crippen LogP contribution in [-0.4, -0.2) is 18.0 Å². The van der Waals surface area contributed by atoms with Gasteiger partial charge in [0.25, 0.3) is 0 Å². The van der Waals surface area contributed by atoms with E-state index in [-0.39, 0.29) is 0 Å². The molecule has 0 N–H and O–H groups in total. The number of benzene rings is 2. The Balaban J connectivity index is 2.11. The molecule has 96 valence electrons. The molecule has 1 aliphatic heterocycles. The first kappa shape index (κ1) is 12.2. The lowest BCUT2D eigenvalue weighted by molar-refractivity contribution is 0.287. The summed E-state index contributed by atoms with van der Waals surface area (Å²) in [6.45, 7) is 3.31. The van der Waals surface area contributed by atoms with Gasteiger partial charge in [-0.15, -0.1) is 0 Å². The maximum atomic E-state index is 2.40. The SMILES string of the molecule is C[C@H]1/C(=C\c2ccccc2)c2ccccc2CN1C. The maximum absolute atomic E-state index is 2.40. The molecule has 2 aromatic rings. The van der Waals surface area contributed by atoms with Crippen molar-refractivity contribution in [1.82, 2.24) is 4.90 Å². The van der Waals surface area contributed by atoms with Crippen molar-refractivity contribution in [3.05, 3.63) is 71.3 Å². The number of hydrogen-bond acceptors (Lipinski definition) is 1. The number of fused-ring (bicyclic) bond motifs is 1. The van der Waals surface area contributed by atoms with Crippen LogP contribution in [0.4, 0.5) is 0 Å². The Hall–Kier alpha value is -1.86. The monoisotopic (exact) mass is 249 g/mol. The Kier molecular flexibility index (Phi) is 3.22. The molecule has 0 aliphatic carbocycles. The standard InChI is InChI=1S/C18H19N/c1-14-18(12-15-8-4-3-5-9-15)17-11-7-6-10-16(17)13-19(14)2/h3-12,14H,13H2,1-2H3/b18-12+/t14-/m0/s1. The Morgan fingerprint density at radius 1 is 1.00 bits per heavy atom. The van der Waals surface area contributed by atoms with Gasteiger partial charge in [0.1, 0.15) is 0 Å². The highest BCUT2D eigenvalue weighted by molar-refractivity contribution is 5.86. The van der Waals surface area contributed by atoms with Gasteiger partial charge in [-0.1, -0.05) is 54.6 Å². The molecule has 1 heterocycles. The van der Waals surface area contributed by atoms with Crippen molar-refractivity contribution in [2.24, 2.45) is 0 Å². The molecule has 1 nitrogen and oxygen atoms in total. The quantitative estimate of drug-likeness (QED) is 0.736. The first-order valence-corrected chi connectivity index (χ1v) is 6.81. The molecule has 0 fully saturated rings. The van der Waals surface area contributed by atoms with Crippen molar-refractivity contribution >= 4 is 11.6 Å². The number of rotatable bonds is 1. The molecule has 0 radical (unpaired) electrons. The van der Waals surface area contributed by atoms with E-state index >= 15 is 0 Å². The second-order valence-electron chi connectivity index (χ2n) is 5.26. The fourth-order valence-corrected chi connectivity index (χ4v) is 2.74. The predicted octanol–water partition coefficient (Wildman–Crippen LogP) is 4.06. The highest BCUT2D eigenvalue weighted by atomic mass is 15.1. The summed E-state index contributed by atoms with van der Waals surface area (Å²) in [6, 6.07) is 19.8. The molecular formula is C18H19N. The number of hydrogen-bond donors (Lipinski definition) is 0. The van der Waals surface area contributed by atoms with E-state index in [1.807, 2.05) is 0 Å². The second-order valence-corrected chi connectivity index (χ2v) is 5.26. The van der Waals surface area contributed by atoms with E-state index in [1.165, 1.54) is 22.3 Å². The molecule has 3 rings (SSSR count). The van der Waals surface area contributed by atoms with Gasteiger partial charge in [0.05, 0.1) is 0 Å². The average Bonchev–Trinajstić information content (AvgIpc) is 2.45. The Bertz CT molecular complexity index is 598. The lowest BCUT2D eigenvalue weighted by Gasteiger charge is -2.34. The zero-order chi connectivity index (χ0) is 13.2. The third-order valence-corrected chi connectivity index (χ3v) is 3.98. The second kappa shape index (κ2) is 5.02. The molecule has 1 aliphatic rings. The highest BCUT2D eigenvalue weighted by Gasteiger charge is 2.23. The van der Waals surface area contributed by atoms with Gasteiger partial charge in [0, 0.05) is 12.6 Å². The summed E-state index contributed by atoms with van der Waals surface area (Å²) in [5.41, 5.74) is 5.51. The molecule has 1 atom stereocenters. The lowest BCUT2D eigenvalue weighted by Crippen LogP contribution is -2.34. The zero-order valence-corrected chi connectivity index (χ0v) is 11.5. The van der Waals surface area contributed by atoms with Crippen LogP contribution in [0, 0.1) is 0 Å². The Labute approximate surface area is 115 Å². The first-order valence-electron chi connectivity index (χ1n) is 6.81. The van der Waals surface area contributed by atoms with Crippen molar-refractivity contribution in [1.29, 1.82) is 0 Å². The molecule has 0 saturated carbocycles. The minimum absolute atomic E-state index is 0.454. The van der Waals surface area contributed by atoms with Crippen LogP contribution in [0.5, 0.6) is 0 Å². The normalized spacial score (nSPS) is 21.4. The van der Waals surface area contributed by atoms with Gasteiger partial charge >= 0.3 is 0 Å². The average molecular weight is 249 g/mol. The van der Waals surface area contributed by atoms with Crippen molar-refractivity contribution in [3.63, 3.8) is 0 Å². The molecule has 0 aromatic heterocycles. The third-order valence-electron chi connectivity index (χ3n) is 3.98. The minimum Gasteiger partial charge on any atom is -0.295 e. The van der Waals surface area contributed by atoms with Crippen LogP contribution in [0.3, 0.4) is 0 Å². The van der Waals surface area contributed by atoms with Crippen LogP contribution in [0.25, 0.3) is 11.6 Å². The van der Waals surface area contributed by atoms with Gasteiger partial charge in [-0.05, 0) is 42.3 Å². The van der Waals surface area contributed by atoms with E-state index in [1.54, 1.807) is 0 Å². The molecule has 0 unspecified atom stereocenters. The minimum atomic E-state index is 0.454. The van der Waals surface area contributed by atoms with Crippen LogP contribution in [0.15, 0.2) is 54.6 Å². The van der Waals surface area contributed by atoms with Crippen molar-refractivity contribution in [3.8, 4) is 0 Å². The van der Waals surface area contributed by atoms with Crippen LogP contribution in [-0.2, 0) is 6.54 Å². The summed E-state index contributed by atoms with van der Waals surface area (Å²) in [7, 11) is 2.19. The summed E-state index contributed by atoms with van der Waals surface area (Å²) in [4.78, 5) is 2.40. The lowest BCUT2D eigenvalue weighted by atomic mass is 9.88. The van der Waals surface area contributed by atoms with Crippen molar-refractivity contribution < 1.29 is 0 Å². The van der Waals surface area contributed by atoms with Gasteiger partial charge in [-0.3, -0.25) is 4.90 Å². The molecular weight excluding hydrogens is 230 g/mol. The molecule has 0 bridgehead atoms. The Morgan fingerprint density at radius 3 is 2.47 bits per heavy atom. The first-order chi connectivity index (χ1) is 9.25. The summed E-state index contributed by atoms with van der Waals surface area (Å²) >= 11 is 0. The highest BCUT2D eigenvalue weighted by Crippen LogP contribution is 2.32. The van der Waals surface area contributed by atoms with Gasteiger partial charge < -0.3 is 0 Å². The fraction of sp³-hybridized carbons (Fsp3) is 0.222. The largest absolute Gasteiger partial charge is 0.295 e. The molecule has 0 spiro atoms. The summed E-state index contributed by atoms with van der Waals surface area (Å²) in [5.74, 6) is 0. The van der Waals surface area contributed by atoms with Crippen LogP contribution >= 0.6 is 0 Å². The van der Waals surface area contributed by atoms with Crippen LogP contribution in [0.2, 0.25) is 0 Å². The fourth-order valence-electron chi connectivity index (χ4n) is 2.74. The zero-order valence-electron chi connectivity index (χ0n) is 11.5. The van der Waals surface area contributed by atoms with E-state index < -0.39 is 0 Å². The maximum Gasteiger partial charge on any atom is 0.0326 e. The molecule has 2 aromatic carbocycles. The predicted molar refractivity (Wildman–Crippen MR) is 81.7 cm³/mol. The van der Waals surface area contributed by atoms with Gasteiger partial charge in [-0.25, -0.2) is 0 Å². The van der Waals surface area contributed by atoms with E-state index in [4.69, 9.17) is 0 Å². The van der Waals surface area contributed by atoms with Gasteiger partial charge in [0.2, 0.25) is 0 Å². The topological polar surface area (TPSA) is 3.24 Å². The number of nitrogens with zero attached hydrogens (tertiary/aromatic N) is 1.